The molecule has 18 heavy (non-hydrogen) atoms. The van der Waals surface area contributed by atoms with Crippen LogP contribution in [0.4, 0.5) is 10.5 Å². The molecule has 0 aromatic heterocycles. The molecular weight excluding hydrogens is 232 g/mol. The number of ether oxygens (including phenoxy) is 1. The maximum Gasteiger partial charge on any atom is 0.319 e. The first-order chi connectivity index (χ1) is 8.54. The molecule has 0 aliphatic carbocycles. The van der Waals surface area contributed by atoms with Crippen molar-refractivity contribution in [3.8, 4) is 0 Å². The summed E-state index contributed by atoms with van der Waals surface area (Å²) in [6.07, 6.45) is 0. The Morgan fingerprint density at radius 3 is 2.67 bits per heavy atom. The van der Waals surface area contributed by atoms with Crippen molar-refractivity contribution in [3.05, 3.63) is 29.3 Å². The summed E-state index contributed by atoms with van der Waals surface area (Å²) in [5, 5.41) is 5.35. The maximum absolute atomic E-state index is 11.6. The lowest BCUT2D eigenvalue weighted by Gasteiger charge is -2.10. The Morgan fingerprint density at radius 1 is 1.33 bits per heavy atom. The molecule has 0 aliphatic heterocycles. The Bertz CT molecular complexity index is 444. The Morgan fingerprint density at radius 2 is 2.06 bits per heavy atom. The molecule has 0 unspecified atom stereocenters. The second-order valence-corrected chi connectivity index (χ2v) is 3.96. The van der Waals surface area contributed by atoms with Gasteiger partial charge in [0, 0.05) is 24.9 Å². The van der Waals surface area contributed by atoms with Crippen LogP contribution in [0.3, 0.4) is 0 Å². The second kappa shape index (κ2) is 6.76. The topological polar surface area (TPSA) is 67.4 Å². The number of nitrogens with one attached hydrogen (secondary N) is 2. The molecule has 0 spiro atoms. The monoisotopic (exact) mass is 250 g/mol. The highest BCUT2D eigenvalue weighted by Crippen LogP contribution is 2.17. The zero-order valence-electron chi connectivity index (χ0n) is 10.9. The molecule has 5 nitrogen and oxygen atoms in total. The lowest BCUT2D eigenvalue weighted by molar-refractivity contribution is 0.101. The molecule has 0 saturated carbocycles. The molecule has 0 fully saturated rings. The average Bonchev–Trinajstić information content (AvgIpc) is 2.32. The SMILES string of the molecule is COCCNC(=O)Nc1cc(C(C)=O)ccc1C. The molecule has 98 valence electrons. The van der Waals surface area contributed by atoms with Gasteiger partial charge in [0.05, 0.1) is 6.61 Å². The van der Waals surface area contributed by atoms with Gasteiger partial charge < -0.3 is 15.4 Å². The maximum atomic E-state index is 11.6. The predicted molar refractivity (Wildman–Crippen MR) is 70.1 cm³/mol. The minimum atomic E-state index is -0.309. The van der Waals surface area contributed by atoms with Crippen molar-refractivity contribution in [2.75, 3.05) is 25.6 Å². The van der Waals surface area contributed by atoms with E-state index < -0.39 is 0 Å². The lowest BCUT2D eigenvalue weighted by Crippen LogP contribution is -2.31. The Kier molecular flexibility index (Phi) is 5.32. The Hall–Kier alpha value is -1.88. The van der Waals surface area contributed by atoms with Gasteiger partial charge in [-0.25, -0.2) is 4.79 Å². The lowest BCUT2D eigenvalue weighted by atomic mass is 10.1. The van der Waals surface area contributed by atoms with Crippen LogP contribution in [0.1, 0.15) is 22.8 Å². The van der Waals surface area contributed by atoms with Gasteiger partial charge in [-0.1, -0.05) is 12.1 Å². The highest BCUT2D eigenvalue weighted by atomic mass is 16.5. The van der Waals surface area contributed by atoms with Crippen molar-refractivity contribution in [2.24, 2.45) is 0 Å². The largest absolute Gasteiger partial charge is 0.383 e. The minimum absolute atomic E-state index is 0.0298. The number of rotatable bonds is 5. The van der Waals surface area contributed by atoms with Gasteiger partial charge in [-0.3, -0.25) is 4.79 Å². The number of benzene rings is 1. The normalized spacial score (nSPS) is 9.94. The first-order valence-electron chi connectivity index (χ1n) is 5.70. The summed E-state index contributed by atoms with van der Waals surface area (Å²) >= 11 is 0. The predicted octanol–water partition coefficient (Wildman–Crippen LogP) is 1.97. The van der Waals surface area contributed by atoms with Gasteiger partial charge >= 0.3 is 6.03 Å². The number of urea groups is 1. The molecule has 0 atom stereocenters. The van der Waals surface area contributed by atoms with Gasteiger partial charge in [0.15, 0.2) is 5.78 Å². The van der Waals surface area contributed by atoms with Gasteiger partial charge in [0.1, 0.15) is 0 Å². The minimum Gasteiger partial charge on any atom is -0.383 e. The van der Waals surface area contributed by atoms with Gasteiger partial charge in [-0.15, -0.1) is 0 Å². The molecule has 0 saturated heterocycles. The van der Waals surface area contributed by atoms with E-state index >= 15 is 0 Å². The van der Waals surface area contributed by atoms with E-state index in [1.54, 1.807) is 19.2 Å². The van der Waals surface area contributed by atoms with Crippen LogP contribution in [0.2, 0.25) is 0 Å². The number of Topliss-reactive ketones (excluding diaryl/α,β-unsaturated/α-hetero) is 1. The van der Waals surface area contributed by atoms with E-state index in [4.69, 9.17) is 4.74 Å². The number of ketones is 1. The number of carbonyl (C=O) groups is 2. The van der Waals surface area contributed by atoms with Crippen LogP contribution in [0.15, 0.2) is 18.2 Å². The highest BCUT2D eigenvalue weighted by Gasteiger charge is 2.07. The number of amides is 2. The Labute approximate surface area is 107 Å². The van der Waals surface area contributed by atoms with Crippen molar-refractivity contribution >= 4 is 17.5 Å². The van der Waals surface area contributed by atoms with Crippen molar-refractivity contribution in [3.63, 3.8) is 0 Å². The van der Waals surface area contributed by atoms with E-state index in [2.05, 4.69) is 10.6 Å². The molecule has 1 rings (SSSR count). The fourth-order valence-corrected chi connectivity index (χ4v) is 1.41. The molecule has 1 aromatic carbocycles. The van der Waals surface area contributed by atoms with Crippen LogP contribution in [0.25, 0.3) is 0 Å². The summed E-state index contributed by atoms with van der Waals surface area (Å²) in [6, 6.07) is 4.91. The molecule has 5 heteroatoms. The summed E-state index contributed by atoms with van der Waals surface area (Å²) in [4.78, 5) is 22.8. The van der Waals surface area contributed by atoms with E-state index in [0.29, 0.717) is 24.4 Å². The molecule has 0 bridgehead atoms. The summed E-state index contributed by atoms with van der Waals surface area (Å²) in [6.45, 7) is 4.26. The van der Waals surface area contributed by atoms with Gasteiger partial charge in [0.2, 0.25) is 0 Å². The quantitative estimate of drug-likeness (QED) is 0.620. The smallest absolute Gasteiger partial charge is 0.319 e. The van der Waals surface area contributed by atoms with Crippen LogP contribution in [0, 0.1) is 6.92 Å². The number of hydrogen-bond acceptors (Lipinski definition) is 3. The van der Waals surface area contributed by atoms with Crippen molar-refractivity contribution < 1.29 is 14.3 Å². The number of anilines is 1. The van der Waals surface area contributed by atoms with E-state index in [1.165, 1.54) is 6.92 Å². The summed E-state index contributed by atoms with van der Waals surface area (Å²) in [5.74, 6) is -0.0298. The third-order valence-electron chi connectivity index (χ3n) is 2.48. The fraction of sp³-hybridized carbons (Fsp3) is 0.385. The van der Waals surface area contributed by atoms with Gasteiger partial charge in [-0.05, 0) is 25.5 Å². The third-order valence-corrected chi connectivity index (χ3v) is 2.48. The first-order valence-corrected chi connectivity index (χ1v) is 5.70. The van der Waals surface area contributed by atoms with E-state index in [9.17, 15) is 9.59 Å². The molecule has 0 aliphatic rings. The molecular formula is C13H18N2O3. The van der Waals surface area contributed by atoms with E-state index in [1.807, 2.05) is 13.0 Å². The van der Waals surface area contributed by atoms with Crippen molar-refractivity contribution in [1.29, 1.82) is 0 Å². The molecule has 0 radical (unpaired) electrons. The zero-order valence-corrected chi connectivity index (χ0v) is 10.9. The highest BCUT2D eigenvalue weighted by molar-refractivity contribution is 5.97. The van der Waals surface area contributed by atoms with Gasteiger partial charge in [0.25, 0.3) is 0 Å². The molecule has 2 N–H and O–H groups in total. The summed E-state index contributed by atoms with van der Waals surface area (Å²) in [7, 11) is 1.57. The first kappa shape index (κ1) is 14.2. The average molecular weight is 250 g/mol. The fourth-order valence-electron chi connectivity index (χ4n) is 1.41. The van der Waals surface area contributed by atoms with Crippen LogP contribution in [-0.4, -0.2) is 32.1 Å². The van der Waals surface area contributed by atoms with Gasteiger partial charge in [-0.2, -0.15) is 0 Å². The van der Waals surface area contributed by atoms with Crippen LogP contribution in [0.5, 0.6) is 0 Å². The molecule has 2 amide bonds. The summed E-state index contributed by atoms with van der Waals surface area (Å²) in [5.41, 5.74) is 2.12. The summed E-state index contributed by atoms with van der Waals surface area (Å²) < 4.78 is 4.83. The standard InChI is InChI=1S/C13H18N2O3/c1-9-4-5-11(10(2)16)8-12(9)15-13(17)14-6-7-18-3/h4-5,8H,6-7H2,1-3H3,(H2,14,15,17). The van der Waals surface area contributed by atoms with Crippen LogP contribution < -0.4 is 10.6 Å². The number of methoxy groups -OCH3 is 1. The molecule has 1 aromatic rings. The number of aryl methyl sites for hydroxylation is 1. The zero-order chi connectivity index (χ0) is 13.5. The van der Waals surface area contributed by atoms with E-state index in [0.717, 1.165) is 5.56 Å². The third kappa shape index (κ3) is 4.18. The van der Waals surface area contributed by atoms with Crippen molar-refractivity contribution in [2.45, 2.75) is 13.8 Å². The van der Waals surface area contributed by atoms with Crippen molar-refractivity contribution in [1.82, 2.24) is 5.32 Å². The molecule has 0 heterocycles. The second-order valence-electron chi connectivity index (χ2n) is 3.96. The van der Waals surface area contributed by atoms with E-state index in [-0.39, 0.29) is 11.8 Å². The number of hydrogen-bond donors (Lipinski definition) is 2. The van der Waals surface area contributed by atoms with Crippen LogP contribution >= 0.6 is 0 Å². The number of carbonyl (C=O) groups excluding carboxylic acids is 2. The van der Waals surface area contributed by atoms with Crippen LogP contribution in [-0.2, 0) is 4.74 Å². The Balaban J connectivity index is 2.68.